The number of hydrogen-bond acceptors (Lipinski definition) is 3. The van der Waals surface area contributed by atoms with E-state index >= 15 is 0 Å². The fourth-order valence-corrected chi connectivity index (χ4v) is 2.54. The quantitative estimate of drug-likeness (QED) is 0.689. The molecule has 1 atom stereocenters. The minimum atomic E-state index is -0.382. The second kappa shape index (κ2) is 9.43. The Labute approximate surface area is 133 Å². The molecule has 0 heterocycles. The van der Waals surface area contributed by atoms with Gasteiger partial charge in [0.1, 0.15) is 0 Å². The molecule has 0 aliphatic rings. The minimum absolute atomic E-state index is 0.123. The highest BCUT2D eigenvalue weighted by Gasteiger charge is 2.15. The van der Waals surface area contributed by atoms with Gasteiger partial charge in [0, 0.05) is 25.2 Å². The number of rotatable bonds is 8. The van der Waals surface area contributed by atoms with E-state index in [2.05, 4.69) is 43.2 Å². The molecule has 5 nitrogen and oxygen atoms in total. The zero-order chi connectivity index (χ0) is 16.5. The lowest BCUT2D eigenvalue weighted by Gasteiger charge is -2.30. The molecule has 0 bridgehead atoms. The van der Waals surface area contributed by atoms with Crippen molar-refractivity contribution in [3.8, 4) is 0 Å². The van der Waals surface area contributed by atoms with Gasteiger partial charge < -0.3 is 15.7 Å². The minimum Gasteiger partial charge on any atom is -0.394 e. The van der Waals surface area contributed by atoms with Crippen molar-refractivity contribution in [2.24, 2.45) is 0 Å². The summed E-state index contributed by atoms with van der Waals surface area (Å²) in [7, 11) is 0. The van der Waals surface area contributed by atoms with Crippen molar-refractivity contribution >= 4 is 6.03 Å². The molecule has 0 aliphatic heterocycles. The number of urea groups is 1. The first-order chi connectivity index (χ1) is 10.5. The third-order valence-corrected chi connectivity index (χ3v) is 3.67. The van der Waals surface area contributed by atoms with E-state index in [-0.39, 0.29) is 18.7 Å². The van der Waals surface area contributed by atoms with Crippen molar-refractivity contribution in [1.29, 1.82) is 0 Å². The maximum atomic E-state index is 12.0. The highest BCUT2D eigenvalue weighted by atomic mass is 16.3. The van der Waals surface area contributed by atoms with Crippen LogP contribution in [0.2, 0.25) is 0 Å². The molecule has 0 fully saturated rings. The second-order valence-corrected chi connectivity index (χ2v) is 5.97. The largest absolute Gasteiger partial charge is 0.394 e. The van der Waals surface area contributed by atoms with Gasteiger partial charge in [-0.05, 0) is 33.3 Å². The fraction of sp³-hybridized carbons (Fsp3) is 0.588. The van der Waals surface area contributed by atoms with E-state index in [0.717, 1.165) is 12.1 Å². The number of hydrogen-bond donors (Lipinski definition) is 3. The van der Waals surface area contributed by atoms with Gasteiger partial charge in [0.05, 0.1) is 12.6 Å². The summed E-state index contributed by atoms with van der Waals surface area (Å²) < 4.78 is 0. The molecule has 1 rings (SSSR count). The maximum absolute atomic E-state index is 12.0. The number of carbonyl (C=O) groups is 1. The summed E-state index contributed by atoms with van der Waals surface area (Å²) in [5, 5.41) is 15.1. The summed E-state index contributed by atoms with van der Waals surface area (Å²) in [5.74, 6) is 0. The summed E-state index contributed by atoms with van der Waals surface area (Å²) in [4.78, 5) is 14.3. The van der Waals surface area contributed by atoms with E-state index in [1.165, 1.54) is 0 Å². The molecule has 3 N–H and O–H groups in total. The third kappa shape index (κ3) is 6.03. The van der Waals surface area contributed by atoms with E-state index in [4.69, 9.17) is 0 Å². The summed E-state index contributed by atoms with van der Waals surface area (Å²) >= 11 is 0. The van der Waals surface area contributed by atoms with Crippen molar-refractivity contribution < 1.29 is 9.90 Å². The van der Waals surface area contributed by atoms with Crippen LogP contribution >= 0.6 is 0 Å². The molecule has 0 aliphatic carbocycles. The van der Waals surface area contributed by atoms with Crippen molar-refractivity contribution in [2.75, 3.05) is 19.7 Å². The zero-order valence-electron chi connectivity index (χ0n) is 14.0. The highest BCUT2D eigenvalue weighted by Crippen LogP contribution is 2.11. The van der Waals surface area contributed by atoms with Gasteiger partial charge in [-0.25, -0.2) is 4.79 Å². The maximum Gasteiger partial charge on any atom is 0.315 e. The van der Waals surface area contributed by atoms with Crippen LogP contribution in [-0.4, -0.2) is 47.8 Å². The molecular formula is C17H29N3O2. The van der Waals surface area contributed by atoms with E-state index < -0.39 is 0 Å². The van der Waals surface area contributed by atoms with Gasteiger partial charge in [-0.1, -0.05) is 30.3 Å². The SMILES string of the molecule is CC(C)N(CCNC(=O)NC(CO)c1ccccc1)C(C)C. The van der Waals surface area contributed by atoms with Crippen molar-refractivity contribution in [3.05, 3.63) is 35.9 Å². The van der Waals surface area contributed by atoms with Gasteiger partial charge in [0.15, 0.2) is 0 Å². The number of benzene rings is 1. The van der Waals surface area contributed by atoms with Crippen LogP contribution in [0, 0.1) is 0 Å². The van der Waals surface area contributed by atoms with Crippen LogP contribution in [0.15, 0.2) is 30.3 Å². The molecule has 2 amide bonds. The lowest BCUT2D eigenvalue weighted by molar-refractivity contribution is 0.174. The van der Waals surface area contributed by atoms with E-state index in [9.17, 15) is 9.90 Å². The van der Waals surface area contributed by atoms with Gasteiger partial charge >= 0.3 is 6.03 Å². The smallest absolute Gasteiger partial charge is 0.315 e. The lowest BCUT2D eigenvalue weighted by Crippen LogP contribution is -2.45. The topological polar surface area (TPSA) is 64.6 Å². The first-order valence-electron chi connectivity index (χ1n) is 7.91. The average Bonchev–Trinajstić information content (AvgIpc) is 2.49. The Morgan fingerprint density at radius 2 is 1.73 bits per heavy atom. The molecule has 5 heteroatoms. The molecule has 0 spiro atoms. The normalized spacial score (nSPS) is 12.7. The Morgan fingerprint density at radius 1 is 1.14 bits per heavy atom. The first-order valence-corrected chi connectivity index (χ1v) is 7.91. The van der Waals surface area contributed by atoms with Gasteiger partial charge in [0.25, 0.3) is 0 Å². The summed E-state index contributed by atoms with van der Waals surface area (Å²) in [6.07, 6.45) is 0. The Morgan fingerprint density at radius 3 is 2.23 bits per heavy atom. The Balaban J connectivity index is 2.42. The fourth-order valence-electron chi connectivity index (χ4n) is 2.54. The van der Waals surface area contributed by atoms with Crippen molar-refractivity contribution in [3.63, 3.8) is 0 Å². The highest BCUT2D eigenvalue weighted by molar-refractivity contribution is 5.74. The van der Waals surface area contributed by atoms with Crippen LogP contribution in [0.1, 0.15) is 39.3 Å². The van der Waals surface area contributed by atoms with E-state index in [1.807, 2.05) is 30.3 Å². The van der Waals surface area contributed by atoms with E-state index in [0.29, 0.717) is 18.6 Å². The molecule has 0 saturated carbocycles. The van der Waals surface area contributed by atoms with Crippen molar-refractivity contribution in [2.45, 2.75) is 45.8 Å². The van der Waals surface area contributed by atoms with Gasteiger partial charge in [0.2, 0.25) is 0 Å². The van der Waals surface area contributed by atoms with Crippen LogP contribution in [0.25, 0.3) is 0 Å². The molecule has 0 saturated heterocycles. The molecule has 0 aromatic heterocycles. The predicted molar refractivity (Wildman–Crippen MR) is 89.8 cm³/mol. The number of carbonyl (C=O) groups excluding carboxylic acids is 1. The Kier molecular flexibility index (Phi) is 7.91. The molecular weight excluding hydrogens is 278 g/mol. The molecule has 1 aromatic rings. The van der Waals surface area contributed by atoms with Crippen LogP contribution in [0.4, 0.5) is 4.79 Å². The average molecular weight is 307 g/mol. The van der Waals surface area contributed by atoms with Gasteiger partial charge in [-0.15, -0.1) is 0 Å². The number of aliphatic hydroxyl groups is 1. The molecule has 0 radical (unpaired) electrons. The number of nitrogens with one attached hydrogen (secondary N) is 2. The molecule has 124 valence electrons. The van der Waals surface area contributed by atoms with Crippen molar-refractivity contribution in [1.82, 2.24) is 15.5 Å². The summed E-state index contributed by atoms with van der Waals surface area (Å²) in [5.41, 5.74) is 0.895. The third-order valence-electron chi connectivity index (χ3n) is 3.67. The molecule has 1 unspecified atom stereocenters. The Bertz CT molecular complexity index is 427. The van der Waals surface area contributed by atoms with Crippen LogP contribution < -0.4 is 10.6 Å². The molecule has 1 aromatic carbocycles. The summed E-state index contributed by atoms with van der Waals surface area (Å²) in [6, 6.07) is 9.72. The van der Waals surface area contributed by atoms with Crippen LogP contribution in [-0.2, 0) is 0 Å². The number of aliphatic hydroxyl groups excluding tert-OH is 1. The zero-order valence-corrected chi connectivity index (χ0v) is 14.0. The van der Waals surface area contributed by atoms with Crippen LogP contribution in [0.3, 0.4) is 0 Å². The van der Waals surface area contributed by atoms with E-state index in [1.54, 1.807) is 0 Å². The number of amides is 2. The summed E-state index contributed by atoms with van der Waals surface area (Å²) in [6.45, 7) is 9.86. The van der Waals surface area contributed by atoms with Gasteiger partial charge in [-0.3, -0.25) is 4.90 Å². The first kappa shape index (κ1) is 18.5. The second-order valence-electron chi connectivity index (χ2n) is 5.97. The molecule has 22 heavy (non-hydrogen) atoms. The number of nitrogens with zero attached hydrogens (tertiary/aromatic N) is 1. The van der Waals surface area contributed by atoms with Crippen LogP contribution in [0.5, 0.6) is 0 Å². The lowest BCUT2D eigenvalue weighted by atomic mass is 10.1. The van der Waals surface area contributed by atoms with Gasteiger partial charge in [-0.2, -0.15) is 0 Å². The monoisotopic (exact) mass is 307 g/mol. The standard InChI is InChI=1S/C17H29N3O2/c1-13(2)20(14(3)4)11-10-18-17(22)19-16(12-21)15-8-6-5-7-9-15/h5-9,13-14,16,21H,10-12H2,1-4H3,(H2,18,19,22). The predicted octanol–water partition coefficient (Wildman–Crippen LogP) is 2.14. The Hall–Kier alpha value is -1.59.